The Kier molecular flexibility index (Phi) is 7.24. The molecule has 29 heavy (non-hydrogen) atoms. The predicted octanol–water partition coefficient (Wildman–Crippen LogP) is 3.13. The van der Waals surface area contributed by atoms with E-state index in [9.17, 15) is 14.7 Å². The summed E-state index contributed by atoms with van der Waals surface area (Å²) >= 11 is 6.55. The van der Waals surface area contributed by atoms with Gasteiger partial charge in [0.25, 0.3) is 0 Å². The van der Waals surface area contributed by atoms with Gasteiger partial charge in [0, 0.05) is 6.61 Å². The van der Waals surface area contributed by atoms with Crippen LogP contribution >= 0.6 is 24.0 Å². The topological polar surface area (TPSA) is 76.1 Å². The molecule has 6 nitrogen and oxygen atoms in total. The van der Waals surface area contributed by atoms with Crippen LogP contribution < -0.4 is 4.74 Å². The van der Waals surface area contributed by atoms with Crippen LogP contribution in [0.25, 0.3) is 10.8 Å². The smallest absolute Gasteiger partial charge is 0.325 e. The van der Waals surface area contributed by atoms with Crippen LogP contribution in [0.15, 0.2) is 55.1 Å². The lowest BCUT2D eigenvalue weighted by molar-refractivity contribution is -0.160. The molecule has 3 rings (SSSR count). The molecule has 1 heterocycles. The maximum atomic E-state index is 12.3. The number of fused-ring (bicyclic) bond motifs is 1. The second kappa shape index (κ2) is 9.87. The summed E-state index contributed by atoms with van der Waals surface area (Å²) < 4.78 is 11.0. The molecule has 1 N–H and O–H groups in total. The zero-order valence-electron chi connectivity index (χ0n) is 15.7. The van der Waals surface area contributed by atoms with Crippen molar-refractivity contribution in [2.24, 2.45) is 5.92 Å². The summed E-state index contributed by atoms with van der Waals surface area (Å²) in [5, 5.41) is 11.0. The number of hydrogen-bond donors (Lipinski definition) is 1. The third-order valence-electron chi connectivity index (χ3n) is 4.49. The van der Waals surface area contributed by atoms with Gasteiger partial charge in [-0.25, -0.2) is 0 Å². The number of likely N-dealkylation sites (tertiary alicyclic amines) is 1. The van der Waals surface area contributed by atoms with E-state index >= 15 is 0 Å². The fraction of sp³-hybridized carbons (Fsp3) is 0.286. The molecule has 2 aromatic rings. The monoisotopic (exact) mass is 431 g/mol. The molecule has 0 aliphatic carbocycles. The standard InChI is InChI=1S/C21H21NO5S2/c1-2-11-26-18(24)13-22-19(25)17(9-10-23)20(22)29-21(28)27-16-8-7-14-5-3-4-6-15(14)12-16/h2-8,12,17,20,23H,1,9-11,13H2. The lowest BCUT2D eigenvalue weighted by Gasteiger charge is -2.45. The minimum absolute atomic E-state index is 0.0855. The molecule has 0 spiro atoms. The molecular formula is C21H21NO5S2. The van der Waals surface area contributed by atoms with Gasteiger partial charge in [0.2, 0.25) is 10.3 Å². The van der Waals surface area contributed by atoms with E-state index in [-0.39, 0.29) is 35.4 Å². The van der Waals surface area contributed by atoms with Crippen LogP contribution in [0.5, 0.6) is 5.75 Å². The number of benzene rings is 2. The maximum Gasteiger partial charge on any atom is 0.325 e. The minimum Gasteiger partial charge on any atom is -0.460 e. The van der Waals surface area contributed by atoms with Gasteiger partial charge in [0.15, 0.2) is 0 Å². The summed E-state index contributed by atoms with van der Waals surface area (Å²) in [5.74, 6) is -0.550. The molecule has 1 aliphatic heterocycles. The van der Waals surface area contributed by atoms with Crippen LogP contribution in [-0.2, 0) is 14.3 Å². The van der Waals surface area contributed by atoms with Crippen molar-refractivity contribution in [3.8, 4) is 5.75 Å². The predicted molar refractivity (Wildman–Crippen MR) is 117 cm³/mol. The van der Waals surface area contributed by atoms with Crippen LogP contribution in [-0.4, -0.2) is 51.4 Å². The van der Waals surface area contributed by atoms with E-state index in [0.29, 0.717) is 12.2 Å². The van der Waals surface area contributed by atoms with E-state index < -0.39 is 11.9 Å². The number of thioether (sulfide) groups is 1. The van der Waals surface area contributed by atoms with Crippen LogP contribution in [0.1, 0.15) is 6.42 Å². The van der Waals surface area contributed by atoms with E-state index in [0.717, 1.165) is 10.8 Å². The van der Waals surface area contributed by atoms with Crippen molar-refractivity contribution in [1.82, 2.24) is 4.90 Å². The van der Waals surface area contributed by atoms with Crippen LogP contribution in [0.2, 0.25) is 0 Å². The van der Waals surface area contributed by atoms with E-state index in [1.54, 1.807) is 0 Å². The number of β-lactam (4-membered cyclic amide) rings is 1. The summed E-state index contributed by atoms with van der Waals surface area (Å²) in [6, 6.07) is 13.6. The first-order valence-electron chi connectivity index (χ1n) is 9.08. The Morgan fingerprint density at radius 3 is 2.76 bits per heavy atom. The average Bonchev–Trinajstić information content (AvgIpc) is 2.73. The zero-order valence-corrected chi connectivity index (χ0v) is 17.3. The van der Waals surface area contributed by atoms with Crippen molar-refractivity contribution in [2.75, 3.05) is 19.8 Å². The summed E-state index contributed by atoms with van der Waals surface area (Å²) in [4.78, 5) is 25.6. The molecule has 0 aromatic heterocycles. The highest BCUT2D eigenvalue weighted by molar-refractivity contribution is 8.23. The third kappa shape index (κ3) is 5.14. The number of esters is 1. The lowest BCUT2D eigenvalue weighted by atomic mass is 9.95. The number of ether oxygens (including phenoxy) is 2. The van der Waals surface area contributed by atoms with Gasteiger partial charge in [-0.3, -0.25) is 9.59 Å². The average molecular weight is 432 g/mol. The van der Waals surface area contributed by atoms with Crippen LogP contribution in [0, 0.1) is 5.92 Å². The first-order chi connectivity index (χ1) is 14.0. The number of rotatable bonds is 8. The summed E-state index contributed by atoms with van der Waals surface area (Å²) in [7, 11) is 0. The minimum atomic E-state index is -0.521. The first kappa shape index (κ1) is 21.3. The van der Waals surface area contributed by atoms with Crippen molar-refractivity contribution >= 4 is 51.0 Å². The largest absolute Gasteiger partial charge is 0.460 e. The second-order valence-corrected chi connectivity index (χ2v) is 8.14. The highest BCUT2D eigenvalue weighted by Gasteiger charge is 2.48. The van der Waals surface area contributed by atoms with E-state index in [2.05, 4.69) is 6.58 Å². The van der Waals surface area contributed by atoms with Gasteiger partial charge >= 0.3 is 5.97 Å². The number of amides is 1. The Labute approximate surface area is 178 Å². The highest BCUT2D eigenvalue weighted by Crippen LogP contribution is 2.38. The maximum absolute atomic E-state index is 12.3. The quantitative estimate of drug-likeness (QED) is 0.298. The van der Waals surface area contributed by atoms with Crippen molar-refractivity contribution in [1.29, 1.82) is 0 Å². The van der Waals surface area contributed by atoms with E-state index in [4.69, 9.17) is 21.7 Å². The van der Waals surface area contributed by atoms with Crippen LogP contribution in [0.4, 0.5) is 0 Å². The molecule has 1 aliphatic rings. The molecule has 2 atom stereocenters. The van der Waals surface area contributed by atoms with E-state index in [1.165, 1.54) is 22.7 Å². The SMILES string of the molecule is C=CCOC(=O)CN1C(=O)C(CCO)C1SC(=S)Oc1ccc2ccccc2c1. The summed E-state index contributed by atoms with van der Waals surface area (Å²) in [6.07, 6.45) is 1.76. The molecule has 152 valence electrons. The third-order valence-corrected chi connectivity index (χ3v) is 5.96. The van der Waals surface area contributed by atoms with Crippen molar-refractivity contribution in [3.05, 3.63) is 55.1 Å². The lowest BCUT2D eigenvalue weighted by Crippen LogP contribution is -2.61. The number of thiocarbonyl (C=S) groups is 1. The Bertz CT molecular complexity index is 932. The van der Waals surface area contributed by atoms with Crippen LogP contribution in [0.3, 0.4) is 0 Å². The molecule has 2 unspecified atom stereocenters. The van der Waals surface area contributed by atoms with Gasteiger partial charge < -0.3 is 19.5 Å². The number of hydrogen-bond acceptors (Lipinski definition) is 7. The number of carbonyl (C=O) groups excluding carboxylic acids is 2. The Hall–Kier alpha value is -2.42. The van der Waals surface area contributed by atoms with Crippen molar-refractivity contribution in [2.45, 2.75) is 11.8 Å². The number of nitrogens with zero attached hydrogens (tertiary/aromatic N) is 1. The summed E-state index contributed by atoms with van der Waals surface area (Å²) in [5.41, 5.74) is 0. The number of carbonyl (C=O) groups is 2. The highest BCUT2D eigenvalue weighted by atomic mass is 32.2. The molecule has 2 aromatic carbocycles. The van der Waals surface area contributed by atoms with Gasteiger partial charge in [-0.05, 0) is 41.5 Å². The molecule has 0 radical (unpaired) electrons. The molecule has 0 bridgehead atoms. The molecule has 1 amide bonds. The van der Waals surface area contributed by atoms with E-state index in [1.807, 2.05) is 42.5 Å². The van der Waals surface area contributed by atoms with Gasteiger partial charge in [0.05, 0.1) is 11.3 Å². The Balaban J connectivity index is 1.65. The fourth-order valence-corrected chi connectivity index (χ4v) is 4.56. The molecule has 1 saturated heterocycles. The van der Waals surface area contributed by atoms with Gasteiger partial charge in [-0.1, -0.05) is 54.7 Å². The fourth-order valence-electron chi connectivity index (χ4n) is 3.10. The molecular weight excluding hydrogens is 410 g/mol. The second-order valence-electron chi connectivity index (χ2n) is 6.43. The molecule has 8 heteroatoms. The van der Waals surface area contributed by atoms with Gasteiger partial charge in [-0.15, -0.1) is 0 Å². The van der Waals surface area contributed by atoms with Crippen molar-refractivity contribution < 1.29 is 24.2 Å². The number of aliphatic hydroxyl groups excluding tert-OH is 1. The first-order valence-corrected chi connectivity index (χ1v) is 10.4. The molecule has 1 fully saturated rings. The van der Waals surface area contributed by atoms with Gasteiger partial charge in [0.1, 0.15) is 18.9 Å². The van der Waals surface area contributed by atoms with Gasteiger partial charge in [-0.2, -0.15) is 0 Å². The summed E-state index contributed by atoms with van der Waals surface area (Å²) in [6.45, 7) is 3.27. The number of aliphatic hydroxyl groups is 1. The zero-order chi connectivity index (χ0) is 20.8. The normalized spacial score (nSPS) is 18.2. The van der Waals surface area contributed by atoms with Crippen molar-refractivity contribution in [3.63, 3.8) is 0 Å². The Morgan fingerprint density at radius 2 is 2.03 bits per heavy atom. The molecule has 0 saturated carbocycles. The Morgan fingerprint density at radius 1 is 1.28 bits per heavy atom.